The van der Waals surface area contributed by atoms with Crippen LogP contribution in [0.5, 0.6) is 0 Å². The van der Waals surface area contributed by atoms with Gasteiger partial charge in [0.25, 0.3) is 0 Å². The third-order valence-electron chi connectivity index (χ3n) is 2.21. The summed E-state index contributed by atoms with van der Waals surface area (Å²) in [5.41, 5.74) is 16.7. The molecule has 0 aromatic heterocycles. The topological polar surface area (TPSA) is 95.1 Å². The van der Waals surface area contributed by atoms with Crippen LogP contribution in [0.15, 0.2) is 0 Å². The molecule has 0 rings (SSSR count). The summed E-state index contributed by atoms with van der Waals surface area (Å²) in [6, 6.07) is 0.0461. The molecule has 2 atom stereocenters. The predicted molar refractivity (Wildman–Crippen MR) is 54.1 cm³/mol. The van der Waals surface area contributed by atoms with E-state index in [1.807, 2.05) is 0 Å². The fourth-order valence-electron chi connectivity index (χ4n) is 1.35. The molecule has 0 aliphatic carbocycles. The standard InChI is InChI=1S/C9H21N3O/c10-6-8(3-1-2-4-13)5-9(12)7-11/h4,8-9H,1-3,5-7,10-12H2. The summed E-state index contributed by atoms with van der Waals surface area (Å²) in [5, 5.41) is 0. The van der Waals surface area contributed by atoms with E-state index in [1.54, 1.807) is 0 Å². The van der Waals surface area contributed by atoms with Crippen LogP contribution in [-0.4, -0.2) is 25.4 Å². The van der Waals surface area contributed by atoms with E-state index in [0.29, 0.717) is 25.4 Å². The van der Waals surface area contributed by atoms with Crippen molar-refractivity contribution in [2.24, 2.45) is 23.1 Å². The van der Waals surface area contributed by atoms with Gasteiger partial charge in [-0.25, -0.2) is 0 Å². The molecule has 6 N–H and O–H groups in total. The lowest BCUT2D eigenvalue weighted by molar-refractivity contribution is -0.107. The van der Waals surface area contributed by atoms with Gasteiger partial charge >= 0.3 is 0 Å². The van der Waals surface area contributed by atoms with E-state index in [9.17, 15) is 4.79 Å². The Morgan fingerprint density at radius 2 is 1.92 bits per heavy atom. The zero-order valence-corrected chi connectivity index (χ0v) is 8.11. The zero-order valence-electron chi connectivity index (χ0n) is 8.11. The molecule has 4 heteroatoms. The van der Waals surface area contributed by atoms with Gasteiger partial charge in [-0.15, -0.1) is 0 Å². The average molecular weight is 187 g/mol. The fourth-order valence-corrected chi connectivity index (χ4v) is 1.35. The van der Waals surface area contributed by atoms with Crippen LogP contribution >= 0.6 is 0 Å². The monoisotopic (exact) mass is 187 g/mol. The highest BCUT2D eigenvalue weighted by Gasteiger charge is 2.10. The van der Waals surface area contributed by atoms with Gasteiger partial charge < -0.3 is 22.0 Å². The van der Waals surface area contributed by atoms with E-state index < -0.39 is 0 Å². The smallest absolute Gasteiger partial charge is 0.119 e. The number of hydrogen-bond donors (Lipinski definition) is 3. The fraction of sp³-hybridized carbons (Fsp3) is 0.889. The Hall–Kier alpha value is -0.450. The molecule has 0 saturated heterocycles. The molecule has 0 aliphatic rings. The first-order valence-corrected chi connectivity index (χ1v) is 4.84. The molecule has 0 heterocycles. The molecule has 0 amide bonds. The highest BCUT2D eigenvalue weighted by molar-refractivity contribution is 5.48. The van der Waals surface area contributed by atoms with Gasteiger partial charge in [0.2, 0.25) is 0 Å². The highest BCUT2D eigenvalue weighted by atomic mass is 16.1. The first kappa shape index (κ1) is 12.6. The molecule has 0 aromatic rings. The average Bonchev–Trinajstić information content (AvgIpc) is 2.16. The van der Waals surface area contributed by atoms with E-state index in [2.05, 4.69) is 0 Å². The van der Waals surface area contributed by atoms with E-state index in [4.69, 9.17) is 17.2 Å². The lowest BCUT2D eigenvalue weighted by atomic mass is 9.95. The second-order valence-electron chi connectivity index (χ2n) is 3.43. The third kappa shape index (κ3) is 6.69. The van der Waals surface area contributed by atoms with Crippen molar-refractivity contribution in [1.82, 2.24) is 0 Å². The van der Waals surface area contributed by atoms with Gasteiger partial charge in [-0.3, -0.25) is 0 Å². The second kappa shape index (κ2) is 8.16. The van der Waals surface area contributed by atoms with Crippen LogP contribution in [0.25, 0.3) is 0 Å². The number of aldehydes is 1. The van der Waals surface area contributed by atoms with Crippen LogP contribution in [0.4, 0.5) is 0 Å². The summed E-state index contributed by atoms with van der Waals surface area (Å²) in [5.74, 6) is 0.415. The van der Waals surface area contributed by atoms with Crippen LogP contribution < -0.4 is 17.2 Å². The van der Waals surface area contributed by atoms with Crippen molar-refractivity contribution in [3.05, 3.63) is 0 Å². The van der Waals surface area contributed by atoms with Crippen molar-refractivity contribution in [1.29, 1.82) is 0 Å². The Morgan fingerprint density at radius 3 is 2.38 bits per heavy atom. The molecular formula is C9H21N3O. The minimum absolute atomic E-state index is 0.0461. The zero-order chi connectivity index (χ0) is 10.1. The maximum atomic E-state index is 10.1. The van der Waals surface area contributed by atoms with Gasteiger partial charge in [-0.1, -0.05) is 0 Å². The molecule has 0 bridgehead atoms. The number of carbonyl (C=O) groups excluding carboxylic acids is 1. The summed E-state index contributed by atoms with van der Waals surface area (Å²) in [6.45, 7) is 1.14. The molecule has 0 aliphatic heterocycles. The minimum atomic E-state index is 0.0461. The molecule has 78 valence electrons. The van der Waals surface area contributed by atoms with Crippen molar-refractivity contribution in [2.75, 3.05) is 13.1 Å². The van der Waals surface area contributed by atoms with Crippen molar-refractivity contribution < 1.29 is 4.79 Å². The predicted octanol–water partition coefficient (Wildman–Crippen LogP) is -0.393. The number of nitrogens with two attached hydrogens (primary N) is 3. The van der Waals surface area contributed by atoms with Gasteiger partial charge in [-0.05, 0) is 31.7 Å². The second-order valence-corrected chi connectivity index (χ2v) is 3.43. The molecule has 13 heavy (non-hydrogen) atoms. The maximum Gasteiger partial charge on any atom is 0.119 e. The Bertz CT molecular complexity index is 130. The Morgan fingerprint density at radius 1 is 1.23 bits per heavy atom. The minimum Gasteiger partial charge on any atom is -0.330 e. The Labute approximate surface area is 79.8 Å². The molecule has 0 radical (unpaired) electrons. The molecule has 0 aromatic carbocycles. The van der Waals surface area contributed by atoms with E-state index in [-0.39, 0.29) is 6.04 Å². The molecule has 2 unspecified atom stereocenters. The number of carbonyl (C=O) groups is 1. The van der Waals surface area contributed by atoms with Crippen LogP contribution in [0, 0.1) is 5.92 Å². The van der Waals surface area contributed by atoms with Crippen LogP contribution in [-0.2, 0) is 4.79 Å². The lowest BCUT2D eigenvalue weighted by Crippen LogP contribution is -2.33. The van der Waals surface area contributed by atoms with E-state index in [1.165, 1.54) is 0 Å². The summed E-state index contributed by atoms with van der Waals surface area (Å²) < 4.78 is 0. The Kier molecular flexibility index (Phi) is 7.88. The van der Waals surface area contributed by atoms with Crippen molar-refractivity contribution in [3.8, 4) is 0 Å². The Balaban J connectivity index is 3.55. The molecule has 0 spiro atoms. The van der Waals surface area contributed by atoms with Gasteiger partial charge in [-0.2, -0.15) is 0 Å². The van der Waals surface area contributed by atoms with Gasteiger partial charge in [0.05, 0.1) is 0 Å². The first-order chi connectivity index (χ1) is 6.24. The third-order valence-corrected chi connectivity index (χ3v) is 2.21. The van der Waals surface area contributed by atoms with Crippen LogP contribution in [0.1, 0.15) is 25.7 Å². The summed E-state index contributed by atoms with van der Waals surface area (Å²) in [6.07, 6.45) is 4.31. The van der Waals surface area contributed by atoms with Crippen molar-refractivity contribution in [2.45, 2.75) is 31.7 Å². The number of unbranched alkanes of at least 4 members (excludes halogenated alkanes) is 1. The SMILES string of the molecule is NCC(N)CC(CN)CCCC=O. The van der Waals surface area contributed by atoms with Crippen molar-refractivity contribution >= 4 is 6.29 Å². The lowest BCUT2D eigenvalue weighted by Gasteiger charge is -2.17. The van der Waals surface area contributed by atoms with Gasteiger partial charge in [0, 0.05) is 19.0 Å². The summed E-state index contributed by atoms with van der Waals surface area (Å²) >= 11 is 0. The quantitative estimate of drug-likeness (QED) is 0.356. The first-order valence-electron chi connectivity index (χ1n) is 4.84. The van der Waals surface area contributed by atoms with Gasteiger partial charge in [0.1, 0.15) is 6.29 Å². The number of hydrogen-bond acceptors (Lipinski definition) is 4. The molecule has 4 nitrogen and oxygen atoms in total. The van der Waals surface area contributed by atoms with Crippen LogP contribution in [0.2, 0.25) is 0 Å². The summed E-state index contributed by atoms with van der Waals surface area (Å²) in [4.78, 5) is 10.1. The maximum absolute atomic E-state index is 10.1. The van der Waals surface area contributed by atoms with E-state index >= 15 is 0 Å². The van der Waals surface area contributed by atoms with Crippen molar-refractivity contribution in [3.63, 3.8) is 0 Å². The normalized spacial score (nSPS) is 15.3. The largest absolute Gasteiger partial charge is 0.330 e. The molecular weight excluding hydrogens is 166 g/mol. The van der Waals surface area contributed by atoms with Crippen LogP contribution in [0.3, 0.4) is 0 Å². The number of rotatable bonds is 8. The molecule has 0 fully saturated rings. The van der Waals surface area contributed by atoms with E-state index in [0.717, 1.165) is 25.5 Å². The van der Waals surface area contributed by atoms with Gasteiger partial charge in [0.15, 0.2) is 0 Å². The summed E-state index contributed by atoms with van der Waals surface area (Å²) in [7, 11) is 0. The highest BCUT2D eigenvalue weighted by Crippen LogP contribution is 2.12. The molecule has 0 saturated carbocycles.